The van der Waals surface area contributed by atoms with E-state index < -0.39 is 24.7 Å². The van der Waals surface area contributed by atoms with Crippen molar-refractivity contribution in [1.29, 1.82) is 0 Å². The average molecular weight is 479 g/mol. The van der Waals surface area contributed by atoms with Gasteiger partial charge in [-0.3, -0.25) is 9.78 Å². The van der Waals surface area contributed by atoms with Crippen LogP contribution in [0.1, 0.15) is 55.7 Å². The minimum absolute atomic E-state index is 0.0888. The minimum atomic E-state index is -0.812. The first-order valence-electron chi connectivity index (χ1n) is 12.1. The van der Waals surface area contributed by atoms with Gasteiger partial charge in [-0.15, -0.1) is 0 Å². The Balaban J connectivity index is 1.50. The molecule has 4 rings (SSSR count). The molecule has 35 heavy (non-hydrogen) atoms. The van der Waals surface area contributed by atoms with Gasteiger partial charge in [-0.05, 0) is 72.9 Å². The number of imide groups is 1. The molecule has 184 valence electrons. The largest absolute Gasteiger partial charge is 0.452 e. The standard InChI is InChI=1S/C28H31FN2O4/c1-18(27(33)31(28(34)35-2)26(17-32)21-6-4-3-5-7-21)19-8-10-20(11-9-19)23-14-15-30-25-13-12-22(29)16-24(23)25/h3-7,12-16,18-20,26,32H,8-11,17H2,1-2H3/t18-,19?,20?,26+/m1/s1. The number of halogens is 1. The summed E-state index contributed by atoms with van der Waals surface area (Å²) in [5.41, 5.74) is 2.54. The number of nitrogens with zero attached hydrogens (tertiary/aromatic N) is 2. The van der Waals surface area contributed by atoms with Crippen LogP contribution in [0.2, 0.25) is 0 Å². The first-order chi connectivity index (χ1) is 16.9. The lowest BCUT2D eigenvalue weighted by Gasteiger charge is -2.36. The summed E-state index contributed by atoms with van der Waals surface area (Å²) >= 11 is 0. The molecule has 3 aromatic rings. The molecule has 1 N–H and O–H groups in total. The van der Waals surface area contributed by atoms with Crippen molar-refractivity contribution < 1.29 is 23.8 Å². The topological polar surface area (TPSA) is 79.7 Å². The van der Waals surface area contributed by atoms with E-state index in [-0.39, 0.29) is 23.6 Å². The number of rotatable bonds is 6. The predicted molar refractivity (Wildman–Crippen MR) is 131 cm³/mol. The first kappa shape index (κ1) is 24.8. The minimum Gasteiger partial charge on any atom is -0.452 e. The summed E-state index contributed by atoms with van der Waals surface area (Å²) in [6.07, 6.45) is 4.32. The van der Waals surface area contributed by atoms with Crippen molar-refractivity contribution in [3.8, 4) is 0 Å². The highest BCUT2D eigenvalue weighted by molar-refractivity contribution is 5.94. The molecule has 2 atom stereocenters. The molecule has 0 bridgehead atoms. The SMILES string of the molecule is COC(=O)N(C(=O)[C@H](C)C1CCC(c2ccnc3ccc(F)cc23)CC1)[C@@H](CO)c1ccccc1. The Morgan fingerprint density at radius 2 is 1.83 bits per heavy atom. The van der Waals surface area contributed by atoms with Gasteiger partial charge in [-0.25, -0.2) is 14.1 Å². The summed E-state index contributed by atoms with van der Waals surface area (Å²) in [7, 11) is 1.24. The summed E-state index contributed by atoms with van der Waals surface area (Å²) < 4.78 is 18.8. The van der Waals surface area contributed by atoms with Crippen LogP contribution in [-0.4, -0.2) is 40.7 Å². The number of aromatic nitrogens is 1. The van der Waals surface area contributed by atoms with E-state index >= 15 is 0 Å². The predicted octanol–water partition coefficient (Wildman–Crippen LogP) is 5.61. The summed E-state index contributed by atoms with van der Waals surface area (Å²) in [6, 6.07) is 14.8. The van der Waals surface area contributed by atoms with Crippen LogP contribution in [0.3, 0.4) is 0 Å². The Hall–Kier alpha value is -3.32. The number of carbonyl (C=O) groups excluding carboxylic acids is 2. The van der Waals surface area contributed by atoms with Crippen molar-refractivity contribution in [2.24, 2.45) is 11.8 Å². The molecule has 0 radical (unpaired) electrons. The van der Waals surface area contributed by atoms with Gasteiger partial charge in [0.05, 0.1) is 25.3 Å². The lowest BCUT2D eigenvalue weighted by atomic mass is 9.73. The van der Waals surface area contributed by atoms with E-state index in [2.05, 4.69) is 4.98 Å². The Kier molecular flexibility index (Phi) is 7.76. The Morgan fingerprint density at radius 3 is 2.49 bits per heavy atom. The Labute approximate surface area is 204 Å². The van der Waals surface area contributed by atoms with Crippen LogP contribution in [0.15, 0.2) is 60.8 Å². The number of hydrogen-bond donors (Lipinski definition) is 1. The zero-order valence-electron chi connectivity index (χ0n) is 20.1. The van der Waals surface area contributed by atoms with Gasteiger partial charge < -0.3 is 9.84 Å². The normalized spacial score (nSPS) is 19.7. The number of fused-ring (bicyclic) bond motifs is 1. The van der Waals surface area contributed by atoms with Crippen molar-refractivity contribution in [3.63, 3.8) is 0 Å². The second-order valence-corrected chi connectivity index (χ2v) is 9.25. The molecule has 0 spiro atoms. The van der Waals surface area contributed by atoms with Crippen molar-refractivity contribution in [3.05, 3.63) is 77.7 Å². The van der Waals surface area contributed by atoms with Gasteiger partial charge >= 0.3 is 6.09 Å². The highest BCUT2D eigenvalue weighted by Crippen LogP contribution is 2.41. The number of carbonyl (C=O) groups is 2. The molecule has 0 saturated heterocycles. The average Bonchev–Trinajstić information content (AvgIpc) is 2.90. The summed E-state index contributed by atoms with van der Waals surface area (Å²) in [6.45, 7) is 1.45. The molecule has 1 aromatic heterocycles. The van der Waals surface area contributed by atoms with Crippen LogP contribution in [0, 0.1) is 17.7 Å². The first-order valence-corrected chi connectivity index (χ1v) is 12.1. The smallest absolute Gasteiger partial charge is 0.416 e. The number of methoxy groups -OCH3 is 1. The molecule has 1 heterocycles. The number of benzene rings is 2. The maximum absolute atomic E-state index is 13.9. The second-order valence-electron chi connectivity index (χ2n) is 9.25. The Morgan fingerprint density at radius 1 is 1.11 bits per heavy atom. The van der Waals surface area contributed by atoms with Crippen LogP contribution < -0.4 is 0 Å². The maximum atomic E-state index is 13.9. The van der Waals surface area contributed by atoms with Gasteiger partial charge in [0.2, 0.25) is 5.91 Å². The zero-order valence-corrected chi connectivity index (χ0v) is 20.1. The van der Waals surface area contributed by atoms with Crippen molar-refractivity contribution in [2.45, 2.75) is 44.6 Å². The zero-order chi connectivity index (χ0) is 24.9. The molecule has 2 amide bonds. The van der Waals surface area contributed by atoms with Crippen molar-refractivity contribution >= 4 is 22.9 Å². The molecule has 1 saturated carbocycles. The number of pyridine rings is 1. The van der Waals surface area contributed by atoms with E-state index in [1.54, 1.807) is 42.6 Å². The molecule has 6 nitrogen and oxygen atoms in total. The Bertz CT molecular complexity index is 1180. The lowest BCUT2D eigenvalue weighted by molar-refractivity contribution is -0.138. The van der Waals surface area contributed by atoms with E-state index in [9.17, 15) is 19.1 Å². The maximum Gasteiger partial charge on any atom is 0.416 e. The summed E-state index contributed by atoms with van der Waals surface area (Å²) in [5, 5.41) is 10.9. The third-order valence-corrected chi connectivity index (χ3v) is 7.32. The molecule has 1 aliphatic rings. The highest BCUT2D eigenvalue weighted by Gasteiger charge is 2.38. The van der Waals surface area contributed by atoms with E-state index in [1.807, 2.05) is 19.1 Å². The van der Waals surface area contributed by atoms with Gasteiger partial charge in [-0.2, -0.15) is 0 Å². The van der Waals surface area contributed by atoms with Crippen LogP contribution in [-0.2, 0) is 9.53 Å². The molecule has 0 aliphatic heterocycles. The van der Waals surface area contributed by atoms with Crippen LogP contribution in [0.4, 0.5) is 9.18 Å². The molecular formula is C28H31FN2O4. The monoisotopic (exact) mass is 478 g/mol. The summed E-state index contributed by atoms with van der Waals surface area (Å²) in [4.78, 5) is 31.6. The van der Waals surface area contributed by atoms with Gasteiger partial charge in [0.15, 0.2) is 0 Å². The number of hydrogen-bond acceptors (Lipinski definition) is 5. The molecular weight excluding hydrogens is 447 g/mol. The van der Waals surface area contributed by atoms with E-state index in [0.29, 0.717) is 5.56 Å². The number of ether oxygens (including phenoxy) is 1. The third kappa shape index (κ3) is 5.20. The fraction of sp³-hybridized carbons (Fsp3) is 0.393. The summed E-state index contributed by atoms with van der Waals surface area (Å²) in [5.74, 6) is -0.698. The molecule has 0 unspecified atom stereocenters. The highest BCUT2D eigenvalue weighted by atomic mass is 19.1. The van der Waals surface area contributed by atoms with Crippen molar-refractivity contribution in [1.82, 2.24) is 9.88 Å². The second kappa shape index (κ2) is 11.0. The van der Waals surface area contributed by atoms with Crippen molar-refractivity contribution in [2.75, 3.05) is 13.7 Å². The van der Waals surface area contributed by atoms with Crippen LogP contribution in [0.25, 0.3) is 10.9 Å². The van der Waals surface area contributed by atoms with E-state index in [4.69, 9.17) is 4.74 Å². The van der Waals surface area contributed by atoms with Crippen LogP contribution in [0.5, 0.6) is 0 Å². The van der Waals surface area contributed by atoms with Gasteiger partial charge in [0.25, 0.3) is 0 Å². The van der Waals surface area contributed by atoms with Gasteiger partial charge in [-0.1, -0.05) is 37.3 Å². The quantitative estimate of drug-likeness (QED) is 0.498. The fourth-order valence-corrected chi connectivity index (χ4v) is 5.33. The van der Waals surface area contributed by atoms with E-state index in [1.165, 1.54) is 13.2 Å². The van der Waals surface area contributed by atoms with Crippen LogP contribution >= 0.6 is 0 Å². The molecule has 7 heteroatoms. The van der Waals surface area contributed by atoms with Gasteiger partial charge in [0.1, 0.15) is 5.82 Å². The number of aliphatic hydroxyl groups excluding tert-OH is 1. The fourth-order valence-electron chi connectivity index (χ4n) is 5.33. The number of aliphatic hydroxyl groups is 1. The number of amides is 2. The lowest BCUT2D eigenvalue weighted by Crippen LogP contribution is -2.45. The molecule has 1 aliphatic carbocycles. The molecule has 2 aromatic carbocycles. The third-order valence-electron chi connectivity index (χ3n) is 7.32. The molecule has 1 fully saturated rings. The van der Waals surface area contributed by atoms with E-state index in [0.717, 1.165) is 47.0 Å². The van der Waals surface area contributed by atoms with Gasteiger partial charge in [0, 0.05) is 17.5 Å².